The van der Waals surface area contributed by atoms with Gasteiger partial charge in [0.25, 0.3) is 0 Å². The van der Waals surface area contributed by atoms with Gasteiger partial charge < -0.3 is 19.3 Å². The Morgan fingerprint density at radius 2 is 1.89 bits per heavy atom. The predicted octanol–water partition coefficient (Wildman–Crippen LogP) is 5.59. The highest BCUT2D eigenvalue weighted by atomic mass is 35.5. The van der Waals surface area contributed by atoms with Crippen LogP contribution in [0.15, 0.2) is 30.3 Å². The van der Waals surface area contributed by atoms with Crippen LogP contribution in [-0.4, -0.2) is 67.3 Å². The van der Waals surface area contributed by atoms with Gasteiger partial charge in [0.1, 0.15) is 17.5 Å². The molecule has 2 saturated heterocycles. The topological polar surface area (TPSA) is 79.4 Å². The van der Waals surface area contributed by atoms with Crippen molar-refractivity contribution in [3.8, 4) is 0 Å². The van der Waals surface area contributed by atoms with Gasteiger partial charge in [-0.3, -0.25) is 9.69 Å². The van der Waals surface area contributed by atoms with E-state index in [-0.39, 0.29) is 24.8 Å². The number of cyclic esters (lactones) is 1. The Morgan fingerprint density at radius 1 is 1.17 bits per heavy atom. The number of benzene rings is 1. The van der Waals surface area contributed by atoms with Crippen LogP contribution in [0.4, 0.5) is 25.4 Å². The van der Waals surface area contributed by atoms with Crippen LogP contribution in [0.5, 0.6) is 0 Å². The highest BCUT2D eigenvalue weighted by molar-refractivity contribution is 7.18. The summed E-state index contributed by atoms with van der Waals surface area (Å²) in [5.74, 6) is -0.511. The first-order valence-electron chi connectivity index (χ1n) is 11.8. The van der Waals surface area contributed by atoms with E-state index >= 15 is 4.39 Å². The molecule has 194 valence electrons. The number of nitrogens with zero attached hydrogens (tertiary/aromatic N) is 3. The molecular weight excluding hydrogens is 509 g/mol. The van der Waals surface area contributed by atoms with Crippen LogP contribution in [0.1, 0.15) is 43.3 Å². The first-order chi connectivity index (χ1) is 17.0. The third-order valence-corrected chi connectivity index (χ3v) is 7.20. The fraction of sp³-hybridized carbons (Fsp3) is 0.480. The molecule has 2 aromatic rings. The lowest BCUT2D eigenvalue weighted by Gasteiger charge is -2.37. The summed E-state index contributed by atoms with van der Waals surface area (Å²) in [5.41, 5.74) is 0.235. The number of ether oxygens (including phenoxy) is 2. The number of amides is 2. The van der Waals surface area contributed by atoms with Crippen molar-refractivity contribution < 1.29 is 28.2 Å². The molecule has 0 unspecified atom stereocenters. The Bertz CT molecular complexity index is 1140. The fourth-order valence-electron chi connectivity index (χ4n) is 4.14. The maximum absolute atomic E-state index is 15.1. The highest BCUT2D eigenvalue weighted by Gasteiger charge is 2.33. The van der Waals surface area contributed by atoms with Gasteiger partial charge in [0, 0.05) is 32.6 Å². The molecule has 36 heavy (non-hydrogen) atoms. The Morgan fingerprint density at radius 3 is 2.50 bits per heavy atom. The zero-order valence-electron chi connectivity index (χ0n) is 20.5. The Kier molecular flexibility index (Phi) is 7.75. The van der Waals surface area contributed by atoms with Crippen LogP contribution in [0.2, 0.25) is 4.34 Å². The Hall–Kier alpha value is -2.85. The molecule has 2 fully saturated rings. The van der Waals surface area contributed by atoms with E-state index in [0.29, 0.717) is 53.2 Å². The molecule has 2 amide bonds. The number of anilines is 2. The van der Waals surface area contributed by atoms with Crippen LogP contribution in [0, 0.1) is 5.82 Å². The summed E-state index contributed by atoms with van der Waals surface area (Å²) in [7, 11) is 0. The quantitative estimate of drug-likeness (QED) is 0.447. The largest absolute Gasteiger partial charge is 0.444 e. The van der Waals surface area contributed by atoms with Crippen LogP contribution >= 0.6 is 22.9 Å². The number of Topliss-reactive ketones (excluding diaryl/α,β-unsaturated/α-hetero) is 1. The number of rotatable bonds is 6. The predicted molar refractivity (Wildman–Crippen MR) is 137 cm³/mol. The monoisotopic (exact) mass is 537 g/mol. The summed E-state index contributed by atoms with van der Waals surface area (Å²) in [4.78, 5) is 42.4. The third-order valence-electron chi connectivity index (χ3n) is 5.93. The maximum atomic E-state index is 15.1. The van der Waals surface area contributed by atoms with Crippen molar-refractivity contribution in [2.75, 3.05) is 42.5 Å². The van der Waals surface area contributed by atoms with Crippen LogP contribution < -0.4 is 9.80 Å². The second kappa shape index (κ2) is 10.6. The standard InChI is InChI=1S/C25H29ClFN3O5S/c1-25(2,3)35-23(32)29-12-10-28(11-13-29)19-6-4-16(14-18(19)27)30-15-17(34-24(30)33)5-7-20(31)21-8-9-22(26)36-21/h4,6,8-9,14,17H,5,7,10-13,15H2,1-3H3/t17-/m0/s1. The van der Waals surface area contributed by atoms with Crippen molar-refractivity contribution in [2.45, 2.75) is 45.3 Å². The van der Waals surface area contributed by atoms with Crippen LogP contribution in [0.25, 0.3) is 0 Å². The van der Waals surface area contributed by atoms with Gasteiger partial charge in [0.2, 0.25) is 0 Å². The second-order valence-corrected chi connectivity index (χ2v) is 11.5. The molecule has 0 radical (unpaired) electrons. The minimum Gasteiger partial charge on any atom is -0.444 e. The summed E-state index contributed by atoms with van der Waals surface area (Å²) in [6.45, 7) is 7.47. The summed E-state index contributed by atoms with van der Waals surface area (Å²) in [5, 5.41) is 0. The summed E-state index contributed by atoms with van der Waals surface area (Å²) >= 11 is 7.11. The van der Waals surface area contributed by atoms with E-state index in [4.69, 9.17) is 21.1 Å². The number of carbonyl (C=O) groups is 3. The van der Waals surface area contributed by atoms with Crippen LogP contribution in [0.3, 0.4) is 0 Å². The van der Waals surface area contributed by atoms with Gasteiger partial charge in [-0.2, -0.15) is 0 Å². The molecule has 0 aliphatic carbocycles. The summed E-state index contributed by atoms with van der Waals surface area (Å²) in [6.07, 6.45) is -0.796. The normalized spacial score (nSPS) is 18.4. The number of hydrogen-bond acceptors (Lipinski definition) is 7. The number of halogens is 2. The maximum Gasteiger partial charge on any atom is 0.414 e. The zero-order valence-corrected chi connectivity index (χ0v) is 22.0. The van der Waals surface area contributed by atoms with Crippen molar-refractivity contribution >= 4 is 52.3 Å². The van der Waals surface area contributed by atoms with Crippen molar-refractivity contribution in [3.05, 3.63) is 45.4 Å². The average Bonchev–Trinajstić information content (AvgIpc) is 3.42. The molecule has 0 saturated carbocycles. The molecule has 8 nitrogen and oxygen atoms in total. The van der Waals surface area contributed by atoms with E-state index in [0.717, 1.165) is 0 Å². The third kappa shape index (κ3) is 6.28. The summed E-state index contributed by atoms with van der Waals surface area (Å²) in [6, 6.07) is 8.00. The van der Waals surface area contributed by atoms with Gasteiger partial charge in [-0.25, -0.2) is 14.0 Å². The SMILES string of the molecule is CC(C)(C)OC(=O)N1CCN(c2ccc(N3C[C@H](CCC(=O)c4ccc(Cl)s4)OC3=O)cc2F)CC1. The lowest BCUT2D eigenvalue weighted by Crippen LogP contribution is -2.50. The first-order valence-corrected chi connectivity index (χ1v) is 13.0. The van der Waals surface area contributed by atoms with Gasteiger partial charge >= 0.3 is 12.2 Å². The Balaban J connectivity index is 1.32. The van der Waals surface area contributed by atoms with Gasteiger partial charge in [-0.1, -0.05) is 11.6 Å². The first kappa shape index (κ1) is 26.2. The van der Waals surface area contributed by atoms with Crippen molar-refractivity contribution in [1.82, 2.24) is 4.90 Å². The van der Waals surface area contributed by atoms with E-state index in [2.05, 4.69) is 0 Å². The molecule has 2 aliphatic heterocycles. The lowest BCUT2D eigenvalue weighted by molar-refractivity contribution is 0.0240. The molecule has 2 aliphatic rings. The molecule has 0 spiro atoms. The van der Waals surface area contributed by atoms with Gasteiger partial charge in [-0.05, 0) is 57.5 Å². The molecule has 0 N–H and O–H groups in total. The fourth-order valence-corrected chi connectivity index (χ4v) is 5.15. The minimum absolute atomic E-state index is 0.0523. The molecule has 4 rings (SSSR count). The molecule has 11 heteroatoms. The second-order valence-electron chi connectivity index (χ2n) is 9.77. The average molecular weight is 538 g/mol. The molecule has 0 bridgehead atoms. The molecule has 1 aromatic carbocycles. The van der Waals surface area contributed by atoms with Gasteiger partial charge in [-0.15, -0.1) is 11.3 Å². The molecule has 1 atom stereocenters. The number of hydrogen-bond donors (Lipinski definition) is 0. The van der Waals surface area contributed by atoms with Crippen molar-refractivity contribution in [2.24, 2.45) is 0 Å². The minimum atomic E-state index is -0.570. The molecular formula is C25H29ClFN3O5S. The number of thiophene rings is 1. The van der Waals surface area contributed by atoms with E-state index in [1.807, 2.05) is 25.7 Å². The molecule has 3 heterocycles. The number of ketones is 1. The van der Waals surface area contributed by atoms with Gasteiger partial charge in [0.05, 0.1) is 27.1 Å². The van der Waals surface area contributed by atoms with Crippen LogP contribution in [-0.2, 0) is 9.47 Å². The Labute approximate surface area is 218 Å². The van der Waals surface area contributed by atoms with E-state index in [9.17, 15) is 14.4 Å². The lowest BCUT2D eigenvalue weighted by atomic mass is 10.1. The van der Waals surface area contributed by atoms with Gasteiger partial charge in [0.15, 0.2) is 5.78 Å². The van der Waals surface area contributed by atoms with E-state index < -0.39 is 23.6 Å². The van der Waals surface area contributed by atoms with Crippen molar-refractivity contribution in [3.63, 3.8) is 0 Å². The van der Waals surface area contributed by atoms with E-state index in [1.54, 1.807) is 29.2 Å². The zero-order chi connectivity index (χ0) is 26.0. The molecule has 1 aromatic heterocycles. The van der Waals surface area contributed by atoms with E-state index in [1.165, 1.54) is 22.3 Å². The smallest absolute Gasteiger partial charge is 0.414 e. The van der Waals surface area contributed by atoms with Crippen molar-refractivity contribution in [1.29, 1.82) is 0 Å². The summed E-state index contributed by atoms with van der Waals surface area (Å²) < 4.78 is 26.4. The highest BCUT2D eigenvalue weighted by Crippen LogP contribution is 2.30. The number of piperazine rings is 1. The number of carbonyl (C=O) groups excluding carboxylic acids is 3.